The van der Waals surface area contributed by atoms with Crippen LogP contribution in [-0.2, 0) is 28.9 Å². The number of nitrogens with one attached hydrogen (secondary N) is 1. The normalized spacial score (nSPS) is 25.8. The molecular weight excluding hydrogens is 418 g/mol. The highest BCUT2D eigenvalue weighted by atomic mass is 16.7. The van der Waals surface area contributed by atoms with Gasteiger partial charge in [-0.2, -0.15) is 5.10 Å². The van der Waals surface area contributed by atoms with Gasteiger partial charge in [0, 0.05) is 11.3 Å². The molecule has 33 heavy (non-hydrogen) atoms. The van der Waals surface area contributed by atoms with Crippen molar-refractivity contribution in [2.24, 2.45) is 11.8 Å². The summed E-state index contributed by atoms with van der Waals surface area (Å²) in [7, 11) is 0. The van der Waals surface area contributed by atoms with Gasteiger partial charge in [-0.15, -0.1) is 0 Å². The van der Waals surface area contributed by atoms with E-state index in [1.807, 2.05) is 22.9 Å². The molecule has 2 saturated carbocycles. The summed E-state index contributed by atoms with van der Waals surface area (Å²) < 4.78 is 12.7. The summed E-state index contributed by atoms with van der Waals surface area (Å²) in [4.78, 5) is 25.5. The Bertz CT molecular complexity index is 1000. The molecule has 5 rings (SSSR count). The van der Waals surface area contributed by atoms with Crippen molar-refractivity contribution < 1.29 is 19.1 Å². The van der Waals surface area contributed by atoms with Crippen LogP contribution in [-0.4, -0.2) is 40.6 Å². The predicted molar refractivity (Wildman–Crippen MR) is 123 cm³/mol. The number of benzene rings is 1. The maximum atomic E-state index is 13.5. The number of carbonyl (C=O) groups is 2. The largest absolute Gasteiger partial charge is 0.508 e. The number of aromatic nitrogens is 2. The molecule has 3 aliphatic carbocycles. The van der Waals surface area contributed by atoms with Crippen molar-refractivity contribution in [3.8, 4) is 0 Å². The summed E-state index contributed by atoms with van der Waals surface area (Å²) in [6, 6.07) is 10.1. The van der Waals surface area contributed by atoms with Crippen LogP contribution in [0.5, 0.6) is 0 Å². The van der Waals surface area contributed by atoms with Crippen LogP contribution in [0.1, 0.15) is 72.8 Å². The quantitative estimate of drug-likeness (QED) is 0.524. The fraction of sp³-hybridized carbons (Fsp3) is 0.577. The molecule has 1 N–H and O–H groups in total. The second-order valence-electron chi connectivity index (χ2n) is 9.58. The zero-order chi connectivity index (χ0) is 22.8. The summed E-state index contributed by atoms with van der Waals surface area (Å²) in [5, 5.41) is 8.04. The number of hydrogen-bond acceptors (Lipinski definition) is 5. The lowest BCUT2D eigenvalue weighted by atomic mass is 9.92. The maximum absolute atomic E-state index is 13.5. The van der Waals surface area contributed by atoms with Gasteiger partial charge in [-0.05, 0) is 69.3 Å². The molecule has 2 bridgehead atoms. The smallest absolute Gasteiger partial charge is 0.435 e. The number of ether oxygens (including phenoxy) is 2. The van der Waals surface area contributed by atoms with Crippen LogP contribution < -0.4 is 5.32 Å². The van der Waals surface area contributed by atoms with E-state index in [1.165, 1.54) is 17.7 Å². The number of carbonyl (C=O) groups excluding carboxylic acids is 2. The summed E-state index contributed by atoms with van der Waals surface area (Å²) in [6.07, 6.45) is 7.30. The molecule has 7 heteroatoms. The zero-order valence-electron chi connectivity index (χ0n) is 19.3. The highest BCUT2D eigenvalue weighted by molar-refractivity contribution is 5.94. The molecular formula is C26H33N3O4. The number of nitrogens with zero attached hydrogens (tertiary/aromatic N) is 2. The Labute approximate surface area is 194 Å². The topological polar surface area (TPSA) is 82.4 Å². The first-order valence-electron chi connectivity index (χ1n) is 12.4. The van der Waals surface area contributed by atoms with E-state index in [0.717, 1.165) is 50.5 Å². The minimum atomic E-state index is -0.643. The third-order valence-electron chi connectivity index (χ3n) is 7.53. The minimum Gasteiger partial charge on any atom is -0.435 e. The second-order valence-corrected chi connectivity index (χ2v) is 9.58. The number of amides is 1. The van der Waals surface area contributed by atoms with Crippen molar-refractivity contribution >= 4 is 12.1 Å². The molecule has 4 atom stereocenters. The van der Waals surface area contributed by atoms with Crippen molar-refractivity contribution in [3.05, 3.63) is 52.8 Å². The van der Waals surface area contributed by atoms with Crippen LogP contribution in [0.4, 0.5) is 4.79 Å². The Kier molecular flexibility index (Phi) is 6.38. The predicted octanol–water partition coefficient (Wildman–Crippen LogP) is 4.27. The molecule has 1 aromatic carbocycles. The molecule has 2 aromatic rings. The molecule has 1 amide bonds. The lowest BCUT2D eigenvalue weighted by Gasteiger charge is -2.30. The first-order chi connectivity index (χ1) is 16.1. The first kappa shape index (κ1) is 22.0. The summed E-state index contributed by atoms with van der Waals surface area (Å²) in [5.74, 6) is 0.482. The van der Waals surface area contributed by atoms with E-state index in [4.69, 9.17) is 14.6 Å². The van der Waals surface area contributed by atoms with Gasteiger partial charge in [-0.25, -0.2) is 4.79 Å². The molecule has 0 radical (unpaired) electrons. The van der Waals surface area contributed by atoms with Gasteiger partial charge in [-0.3, -0.25) is 9.48 Å². The lowest BCUT2D eigenvalue weighted by Crippen LogP contribution is -2.49. The molecule has 2 fully saturated rings. The van der Waals surface area contributed by atoms with Gasteiger partial charge < -0.3 is 14.8 Å². The second kappa shape index (κ2) is 9.57. The molecule has 7 nitrogen and oxygen atoms in total. The summed E-state index contributed by atoms with van der Waals surface area (Å²) in [6.45, 7) is 2.71. The Hall–Kier alpha value is -2.83. The number of hydrogen-bond donors (Lipinski definition) is 1. The molecule has 176 valence electrons. The SMILES string of the molecule is CCOC(=O)O[C@H]1C2CCC(C2)[C@H]1NC(=O)c1nn(Cc2ccccc2)c2c1CCCCC2. The fourth-order valence-electron chi connectivity index (χ4n) is 6.01. The van der Waals surface area contributed by atoms with Gasteiger partial charge in [0.15, 0.2) is 5.69 Å². The van der Waals surface area contributed by atoms with E-state index >= 15 is 0 Å². The van der Waals surface area contributed by atoms with Crippen molar-refractivity contribution in [1.29, 1.82) is 0 Å². The van der Waals surface area contributed by atoms with Crippen LogP contribution >= 0.6 is 0 Å². The van der Waals surface area contributed by atoms with Crippen LogP contribution in [0, 0.1) is 11.8 Å². The van der Waals surface area contributed by atoms with E-state index in [9.17, 15) is 9.59 Å². The van der Waals surface area contributed by atoms with E-state index < -0.39 is 6.16 Å². The van der Waals surface area contributed by atoms with E-state index in [2.05, 4.69) is 17.4 Å². The Morgan fingerprint density at radius 3 is 2.70 bits per heavy atom. The minimum absolute atomic E-state index is 0.144. The highest BCUT2D eigenvalue weighted by Crippen LogP contribution is 2.46. The van der Waals surface area contributed by atoms with Crippen LogP contribution in [0.15, 0.2) is 30.3 Å². The Morgan fingerprint density at radius 1 is 1.09 bits per heavy atom. The van der Waals surface area contributed by atoms with Gasteiger partial charge in [0.1, 0.15) is 6.10 Å². The number of fused-ring (bicyclic) bond motifs is 3. The van der Waals surface area contributed by atoms with Gasteiger partial charge >= 0.3 is 6.16 Å². The molecule has 1 heterocycles. The van der Waals surface area contributed by atoms with Crippen molar-refractivity contribution in [2.45, 2.75) is 77.0 Å². The molecule has 3 aliphatic rings. The third kappa shape index (κ3) is 4.50. The zero-order valence-corrected chi connectivity index (χ0v) is 19.3. The third-order valence-corrected chi connectivity index (χ3v) is 7.53. The van der Waals surface area contributed by atoms with Crippen LogP contribution in [0.2, 0.25) is 0 Å². The Balaban J connectivity index is 1.38. The van der Waals surface area contributed by atoms with Crippen molar-refractivity contribution in [3.63, 3.8) is 0 Å². The maximum Gasteiger partial charge on any atom is 0.508 e. The van der Waals surface area contributed by atoms with E-state index in [-0.39, 0.29) is 30.6 Å². The van der Waals surface area contributed by atoms with E-state index in [1.54, 1.807) is 6.92 Å². The van der Waals surface area contributed by atoms with Crippen molar-refractivity contribution in [2.75, 3.05) is 6.61 Å². The monoisotopic (exact) mass is 451 g/mol. The molecule has 0 aliphatic heterocycles. The average molecular weight is 452 g/mol. The molecule has 0 spiro atoms. The molecule has 2 unspecified atom stereocenters. The van der Waals surface area contributed by atoms with Gasteiger partial charge in [0.2, 0.25) is 0 Å². The Morgan fingerprint density at radius 2 is 1.88 bits per heavy atom. The van der Waals surface area contributed by atoms with Gasteiger partial charge in [-0.1, -0.05) is 36.8 Å². The molecule has 1 aromatic heterocycles. The summed E-state index contributed by atoms with van der Waals surface area (Å²) >= 11 is 0. The van der Waals surface area contributed by atoms with Crippen LogP contribution in [0.25, 0.3) is 0 Å². The standard InChI is InChI=1S/C26H33N3O4/c1-2-32-26(31)33-24-19-14-13-18(15-19)22(24)27-25(30)23-20-11-7-4-8-12-21(20)29(28-23)16-17-9-5-3-6-10-17/h3,5-6,9-10,18-19,22,24H,2,4,7-8,11-16H2,1H3,(H,27,30)/t18?,19?,22-,24+/m1/s1. The highest BCUT2D eigenvalue weighted by Gasteiger charge is 2.51. The first-order valence-corrected chi connectivity index (χ1v) is 12.4. The summed E-state index contributed by atoms with van der Waals surface area (Å²) in [5.41, 5.74) is 4.00. The van der Waals surface area contributed by atoms with Crippen molar-refractivity contribution in [1.82, 2.24) is 15.1 Å². The molecule has 0 saturated heterocycles. The van der Waals surface area contributed by atoms with E-state index in [0.29, 0.717) is 18.2 Å². The average Bonchev–Trinajstić information content (AvgIpc) is 3.44. The fourth-order valence-corrected chi connectivity index (χ4v) is 6.01. The van der Waals surface area contributed by atoms with Crippen LogP contribution in [0.3, 0.4) is 0 Å². The number of rotatable bonds is 6. The lowest BCUT2D eigenvalue weighted by molar-refractivity contribution is -0.00578. The van der Waals surface area contributed by atoms with Gasteiger partial charge in [0.25, 0.3) is 5.91 Å². The van der Waals surface area contributed by atoms with Gasteiger partial charge in [0.05, 0.1) is 19.2 Å².